The van der Waals surface area contributed by atoms with Crippen LogP contribution in [0.4, 0.5) is 0 Å². The van der Waals surface area contributed by atoms with Crippen molar-refractivity contribution < 1.29 is 18.8 Å². The van der Waals surface area contributed by atoms with Gasteiger partial charge in [-0.1, -0.05) is 48.5 Å². The summed E-state index contributed by atoms with van der Waals surface area (Å²) in [4.78, 5) is 0. The Labute approximate surface area is 309 Å². The van der Waals surface area contributed by atoms with E-state index in [1.165, 1.54) is 99.3 Å². The fraction of sp³-hybridized carbons (Fsp3) is 0.714. The summed E-state index contributed by atoms with van der Waals surface area (Å²) in [5.41, 5.74) is 18.2. The van der Waals surface area contributed by atoms with Crippen molar-refractivity contribution in [2.45, 2.75) is 163 Å². The molecule has 0 aliphatic heterocycles. The third-order valence-electron chi connectivity index (χ3n) is 13.8. The van der Waals surface area contributed by atoms with Gasteiger partial charge in [-0.2, -0.15) is 0 Å². The van der Waals surface area contributed by atoms with Crippen LogP contribution in [0.5, 0.6) is 0 Å². The second-order valence-corrected chi connectivity index (χ2v) is 16.5. The minimum Gasteiger partial charge on any atom is -0.398 e. The molecule has 2 aromatic carbocycles. The van der Waals surface area contributed by atoms with Crippen LogP contribution >= 0.6 is 0 Å². The Morgan fingerprint density at radius 1 is 0.549 bits per heavy atom. The minimum absolute atomic E-state index is 0.0982. The van der Waals surface area contributed by atoms with E-state index in [1.54, 1.807) is 0 Å². The molecule has 4 bridgehead atoms. The van der Waals surface area contributed by atoms with Crippen LogP contribution in [0.15, 0.2) is 48.5 Å². The second kappa shape index (κ2) is 18.0. The molecule has 0 radical (unpaired) electrons. The third kappa shape index (κ3) is 9.47. The van der Waals surface area contributed by atoms with Crippen molar-refractivity contribution in [1.82, 2.24) is 10.6 Å². The standard InChI is InChI=1S/C42H67BN4O4/c1-48-41-23-17-39(18-24-41,19-25-41)35-13-9-33(10-14-35)31-46-37(7-3-5-29-44)50-43-51-38(8-4-6-30-45)47-32-34-11-15-36(16-12-34)40-20-26-42(49-2,27-21-40)28-22-40/h9-16,37-38,43,46-47H,3-8,17-32,44-45H2,1-2H3. The van der Waals surface area contributed by atoms with Crippen molar-refractivity contribution >= 4 is 7.69 Å². The van der Waals surface area contributed by atoms with Gasteiger partial charge in [-0.3, -0.25) is 10.6 Å². The van der Waals surface area contributed by atoms with Gasteiger partial charge >= 0.3 is 7.69 Å². The molecular formula is C42H67BN4O4. The summed E-state index contributed by atoms with van der Waals surface area (Å²) < 4.78 is 24.6. The Bertz CT molecular complexity index is 1190. The molecule has 0 amide bonds. The number of hydrogen-bond donors (Lipinski definition) is 4. The van der Waals surface area contributed by atoms with E-state index < -0.39 is 0 Å². The van der Waals surface area contributed by atoms with Crippen molar-refractivity contribution in [2.24, 2.45) is 11.5 Å². The lowest BCUT2D eigenvalue weighted by molar-refractivity contribution is -0.0956. The molecule has 0 heterocycles. The molecule has 9 heteroatoms. The highest BCUT2D eigenvalue weighted by Crippen LogP contribution is 2.56. The average Bonchev–Trinajstić information content (AvgIpc) is 3.20. The summed E-state index contributed by atoms with van der Waals surface area (Å²) in [5.74, 6) is 0. The summed E-state index contributed by atoms with van der Waals surface area (Å²) in [5, 5.41) is 7.33. The fourth-order valence-electron chi connectivity index (χ4n) is 9.84. The number of unbranched alkanes of at least 4 members (excludes halogenated alkanes) is 2. The van der Waals surface area contributed by atoms with E-state index in [0.717, 1.165) is 51.6 Å². The van der Waals surface area contributed by atoms with Gasteiger partial charge in [0.1, 0.15) is 0 Å². The number of methoxy groups -OCH3 is 2. The van der Waals surface area contributed by atoms with E-state index in [0.29, 0.717) is 23.9 Å². The molecule has 0 spiro atoms. The van der Waals surface area contributed by atoms with E-state index in [9.17, 15) is 0 Å². The maximum atomic E-state index is 6.34. The maximum Gasteiger partial charge on any atom is 0.440 e. The van der Waals surface area contributed by atoms with E-state index in [2.05, 4.69) is 59.2 Å². The van der Waals surface area contributed by atoms with Gasteiger partial charge in [0, 0.05) is 27.3 Å². The maximum absolute atomic E-state index is 6.34. The van der Waals surface area contributed by atoms with Crippen molar-refractivity contribution in [3.8, 4) is 0 Å². The Kier molecular flexibility index (Phi) is 13.7. The van der Waals surface area contributed by atoms with Gasteiger partial charge in [0.05, 0.1) is 23.7 Å². The summed E-state index contributed by atoms with van der Waals surface area (Å²) in [6.45, 7) is 2.91. The second-order valence-electron chi connectivity index (χ2n) is 16.5. The predicted molar refractivity (Wildman–Crippen MR) is 208 cm³/mol. The number of rotatable bonds is 22. The molecule has 8 rings (SSSR count). The van der Waals surface area contributed by atoms with E-state index in [-0.39, 0.29) is 31.3 Å². The molecule has 6 aliphatic carbocycles. The normalized spacial score (nSPS) is 29.6. The monoisotopic (exact) mass is 703 g/mol. The first kappa shape index (κ1) is 38.9. The molecule has 6 aliphatic rings. The predicted octanol–water partition coefficient (Wildman–Crippen LogP) is 6.76. The van der Waals surface area contributed by atoms with Crippen LogP contribution in [0.2, 0.25) is 0 Å². The summed E-state index contributed by atoms with van der Waals surface area (Å²) in [6, 6.07) is 18.7. The molecule has 2 aromatic rings. The van der Waals surface area contributed by atoms with Gasteiger partial charge in [0.2, 0.25) is 0 Å². The van der Waals surface area contributed by atoms with Crippen molar-refractivity contribution in [2.75, 3.05) is 27.3 Å². The number of fused-ring (bicyclic) bond motifs is 6. The molecule has 282 valence electrons. The quantitative estimate of drug-likeness (QED) is 0.0606. The van der Waals surface area contributed by atoms with Gasteiger partial charge in [0.25, 0.3) is 0 Å². The van der Waals surface area contributed by atoms with Gasteiger partial charge in [-0.15, -0.1) is 0 Å². The van der Waals surface area contributed by atoms with Crippen LogP contribution in [0.3, 0.4) is 0 Å². The van der Waals surface area contributed by atoms with Gasteiger partial charge in [-0.05, 0) is 162 Å². The highest BCUT2D eigenvalue weighted by Gasteiger charge is 2.50. The molecule has 51 heavy (non-hydrogen) atoms. The lowest BCUT2D eigenvalue weighted by Gasteiger charge is -2.53. The van der Waals surface area contributed by atoms with E-state index in [4.69, 9.17) is 30.2 Å². The minimum atomic E-state index is -0.0982. The Morgan fingerprint density at radius 3 is 1.22 bits per heavy atom. The van der Waals surface area contributed by atoms with Crippen molar-refractivity contribution in [1.29, 1.82) is 0 Å². The topological polar surface area (TPSA) is 113 Å². The van der Waals surface area contributed by atoms with E-state index >= 15 is 0 Å². The molecule has 0 aromatic heterocycles. The smallest absolute Gasteiger partial charge is 0.398 e. The van der Waals surface area contributed by atoms with Crippen LogP contribution in [-0.2, 0) is 42.7 Å². The molecule has 6 fully saturated rings. The Morgan fingerprint density at radius 2 is 0.902 bits per heavy atom. The molecule has 6 saturated carbocycles. The molecular weight excluding hydrogens is 635 g/mol. The molecule has 0 saturated heterocycles. The Balaban J connectivity index is 0.980. The van der Waals surface area contributed by atoms with Crippen LogP contribution in [-0.4, -0.2) is 58.7 Å². The average molecular weight is 703 g/mol. The van der Waals surface area contributed by atoms with Crippen LogP contribution in [0.25, 0.3) is 0 Å². The van der Waals surface area contributed by atoms with Crippen LogP contribution < -0.4 is 22.1 Å². The largest absolute Gasteiger partial charge is 0.440 e. The summed E-state index contributed by atoms with van der Waals surface area (Å²) >= 11 is 0. The zero-order valence-electron chi connectivity index (χ0n) is 31.8. The molecule has 8 nitrogen and oxygen atoms in total. The molecule has 6 N–H and O–H groups in total. The molecule has 2 unspecified atom stereocenters. The number of nitrogens with one attached hydrogen (secondary N) is 2. The summed E-state index contributed by atoms with van der Waals surface area (Å²) in [6.07, 6.45) is 20.1. The zero-order valence-corrected chi connectivity index (χ0v) is 31.8. The van der Waals surface area contributed by atoms with Crippen molar-refractivity contribution in [3.63, 3.8) is 0 Å². The van der Waals surface area contributed by atoms with Gasteiger partial charge in [-0.25, -0.2) is 0 Å². The highest BCUT2D eigenvalue weighted by molar-refractivity contribution is 6.18. The van der Waals surface area contributed by atoms with Gasteiger partial charge < -0.3 is 30.2 Å². The zero-order chi connectivity index (χ0) is 35.6. The number of ether oxygens (including phenoxy) is 2. The number of benzene rings is 2. The SMILES string of the molecule is COC12CCC(c3ccc(CNC(CCCCN)OBOC(CCCCN)NCc4ccc(C56CCC(OC)(CC5)CC6)cc4)cc3)(CC1)CC2. The first-order valence-electron chi connectivity index (χ1n) is 20.3. The fourth-order valence-corrected chi connectivity index (χ4v) is 9.84. The van der Waals surface area contributed by atoms with Gasteiger partial charge in [0.15, 0.2) is 0 Å². The summed E-state index contributed by atoms with van der Waals surface area (Å²) in [7, 11) is 4.03. The van der Waals surface area contributed by atoms with E-state index in [1.807, 2.05) is 14.2 Å². The first-order valence-corrected chi connectivity index (χ1v) is 20.3. The van der Waals surface area contributed by atoms with Crippen molar-refractivity contribution in [3.05, 3.63) is 70.8 Å². The number of hydrogen-bond acceptors (Lipinski definition) is 8. The highest BCUT2D eigenvalue weighted by atomic mass is 16.6. The third-order valence-corrected chi connectivity index (χ3v) is 13.8. The number of nitrogens with two attached hydrogens (primary N) is 2. The lowest BCUT2D eigenvalue weighted by Crippen LogP contribution is -2.49. The lowest BCUT2D eigenvalue weighted by atomic mass is 9.56. The van der Waals surface area contributed by atoms with Crippen LogP contribution in [0.1, 0.15) is 138 Å². The Hall–Kier alpha value is -1.82. The van der Waals surface area contributed by atoms with Crippen LogP contribution in [0, 0.1) is 0 Å². The molecule has 2 atom stereocenters. The first-order chi connectivity index (χ1) is 24.9.